The molecule has 0 saturated carbocycles. The largest absolute Gasteiger partial charge is 0.326 e. The Bertz CT molecular complexity index is 1280. The number of halogens is 1. The van der Waals surface area contributed by atoms with Gasteiger partial charge in [-0.2, -0.15) is 5.10 Å². The quantitative estimate of drug-likeness (QED) is 0.393. The van der Waals surface area contributed by atoms with Gasteiger partial charge in [0.2, 0.25) is 5.91 Å². The summed E-state index contributed by atoms with van der Waals surface area (Å²) in [7, 11) is 0. The zero-order valence-corrected chi connectivity index (χ0v) is 18.7. The number of carbonyl (C=O) groups excluding carboxylic acids is 2. The van der Waals surface area contributed by atoms with Gasteiger partial charge in [-0.25, -0.2) is 0 Å². The average molecular weight is 453 g/mol. The number of thiophene rings is 1. The minimum Gasteiger partial charge on any atom is -0.326 e. The summed E-state index contributed by atoms with van der Waals surface area (Å²) in [6.07, 6.45) is 0.392. The molecular weight excluding hydrogens is 432 g/mol. The Morgan fingerprint density at radius 1 is 1.06 bits per heavy atom. The van der Waals surface area contributed by atoms with E-state index in [0.29, 0.717) is 34.2 Å². The molecule has 2 N–H and O–H groups in total. The SMILES string of the molecule is CCC(=O)Nc1cccc(NC(=O)c2cc3c(C)nn(Cc4ccccc4Cl)c3s2)c1. The van der Waals surface area contributed by atoms with Crippen LogP contribution >= 0.6 is 22.9 Å². The van der Waals surface area contributed by atoms with E-state index in [-0.39, 0.29) is 11.8 Å². The lowest BCUT2D eigenvalue weighted by Crippen LogP contribution is -2.12. The van der Waals surface area contributed by atoms with Crippen molar-refractivity contribution < 1.29 is 9.59 Å². The van der Waals surface area contributed by atoms with Gasteiger partial charge in [-0.15, -0.1) is 11.3 Å². The first-order chi connectivity index (χ1) is 14.9. The molecule has 2 amide bonds. The van der Waals surface area contributed by atoms with Crippen molar-refractivity contribution in [3.8, 4) is 0 Å². The standard InChI is InChI=1S/C23H21ClN4O2S/c1-3-21(29)25-16-8-6-9-17(11-16)26-22(30)20-12-18-14(2)27-28(23(18)31-20)13-15-7-4-5-10-19(15)24/h4-12H,3,13H2,1-2H3,(H,25,29)(H,26,30). The molecule has 158 valence electrons. The maximum absolute atomic E-state index is 12.9. The maximum Gasteiger partial charge on any atom is 0.265 e. The number of rotatable bonds is 6. The summed E-state index contributed by atoms with van der Waals surface area (Å²) < 4.78 is 1.88. The number of hydrogen-bond acceptors (Lipinski definition) is 4. The van der Waals surface area contributed by atoms with Crippen molar-refractivity contribution in [1.82, 2.24) is 9.78 Å². The van der Waals surface area contributed by atoms with Gasteiger partial charge >= 0.3 is 0 Å². The number of nitrogens with one attached hydrogen (secondary N) is 2. The summed E-state index contributed by atoms with van der Waals surface area (Å²) in [5.41, 5.74) is 3.10. The molecule has 6 nitrogen and oxygen atoms in total. The lowest BCUT2D eigenvalue weighted by Gasteiger charge is -2.07. The summed E-state index contributed by atoms with van der Waals surface area (Å²) in [5, 5.41) is 12.0. The van der Waals surface area contributed by atoms with Gasteiger partial charge in [0, 0.05) is 28.2 Å². The van der Waals surface area contributed by atoms with E-state index in [4.69, 9.17) is 11.6 Å². The summed E-state index contributed by atoms with van der Waals surface area (Å²) in [5.74, 6) is -0.282. The van der Waals surface area contributed by atoms with Crippen molar-refractivity contribution in [2.24, 2.45) is 0 Å². The van der Waals surface area contributed by atoms with Gasteiger partial charge in [0.05, 0.1) is 17.1 Å². The third-order valence-electron chi connectivity index (χ3n) is 4.83. The summed E-state index contributed by atoms with van der Waals surface area (Å²) in [4.78, 5) is 26.0. The summed E-state index contributed by atoms with van der Waals surface area (Å²) >= 11 is 7.69. The van der Waals surface area contributed by atoms with Crippen LogP contribution in [0.5, 0.6) is 0 Å². The molecule has 4 rings (SSSR count). The van der Waals surface area contributed by atoms with Crippen LogP contribution in [0.25, 0.3) is 10.2 Å². The molecule has 0 atom stereocenters. The number of benzene rings is 2. The Morgan fingerprint density at radius 2 is 1.81 bits per heavy atom. The fourth-order valence-corrected chi connectivity index (χ4v) is 4.49. The highest BCUT2D eigenvalue weighted by Gasteiger charge is 2.17. The Labute approximate surface area is 188 Å². The van der Waals surface area contributed by atoms with E-state index in [9.17, 15) is 9.59 Å². The average Bonchev–Trinajstić information content (AvgIpc) is 3.31. The number of carbonyl (C=O) groups is 2. The molecule has 8 heteroatoms. The van der Waals surface area contributed by atoms with E-state index in [0.717, 1.165) is 21.5 Å². The minimum atomic E-state index is -0.205. The predicted octanol–water partition coefficient (Wildman–Crippen LogP) is 5.71. The molecule has 0 unspecified atom stereocenters. The Balaban J connectivity index is 1.56. The second-order valence-electron chi connectivity index (χ2n) is 7.10. The van der Waals surface area contributed by atoms with Gasteiger partial charge in [0.1, 0.15) is 4.83 Å². The molecule has 0 saturated heterocycles. The fourth-order valence-electron chi connectivity index (χ4n) is 3.24. The first kappa shape index (κ1) is 21.1. The van der Waals surface area contributed by atoms with Gasteiger partial charge < -0.3 is 10.6 Å². The second kappa shape index (κ2) is 8.91. The number of nitrogens with zero attached hydrogens (tertiary/aromatic N) is 2. The normalized spacial score (nSPS) is 10.9. The summed E-state index contributed by atoms with van der Waals surface area (Å²) in [6, 6.07) is 16.6. The highest BCUT2D eigenvalue weighted by atomic mass is 35.5. The molecule has 0 fully saturated rings. The van der Waals surface area contributed by atoms with E-state index in [1.807, 2.05) is 41.9 Å². The van der Waals surface area contributed by atoms with Crippen LogP contribution in [0.1, 0.15) is 34.3 Å². The fraction of sp³-hybridized carbons (Fsp3) is 0.174. The van der Waals surface area contributed by atoms with Crippen molar-refractivity contribution in [3.05, 3.63) is 75.8 Å². The number of fused-ring (bicyclic) bond motifs is 1. The van der Waals surface area contributed by atoms with Gasteiger partial charge in [-0.1, -0.05) is 42.8 Å². The minimum absolute atomic E-state index is 0.0773. The van der Waals surface area contributed by atoms with E-state index in [2.05, 4.69) is 15.7 Å². The molecule has 0 bridgehead atoms. The molecule has 0 aliphatic carbocycles. The molecule has 2 heterocycles. The number of anilines is 2. The maximum atomic E-state index is 12.9. The molecule has 0 aliphatic rings. The number of hydrogen-bond donors (Lipinski definition) is 2. The molecule has 31 heavy (non-hydrogen) atoms. The van der Waals surface area contributed by atoms with Crippen molar-refractivity contribution in [3.63, 3.8) is 0 Å². The second-order valence-corrected chi connectivity index (χ2v) is 8.54. The van der Waals surface area contributed by atoms with Crippen molar-refractivity contribution in [2.75, 3.05) is 10.6 Å². The predicted molar refractivity (Wildman–Crippen MR) is 126 cm³/mol. The van der Waals surface area contributed by atoms with Gasteiger partial charge in [-0.3, -0.25) is 14.3 Å². The topological polar surface area (TPSA) is 76.0 Å². The first-order valence-electron chi connectivity index (χ1n) is 9.86. The zero-order valence-electron chi connectivity index (χ0n) is 17.1. The van der Waals surface area contributed by atoms with Gasteiger partial charge in [0.25, 0.3) is 5.91 Å². The highest BCUT2D eigenvalue weighted by Crippen LogP contribution is 2.30. The Hall–Kier alpha value is -3.16. The van der Waals surface area contributed by atoms with Crippen molar-refractivity contribution >= 4 is 56.3 Å². The molecule has 2 aromatic heterocycles. The third-order valence-corrected chi connectivity index (χ3v) is 6.35. The van der Waals surface area contributed by atoms with E-state index in [1.165, 1.54) is 11.3 Å². The number of amides is 2. The molecule has 0 radical (unpaired) electrons. The van der Waals surface area contributed by atoms with Crippen LogP contribution in [0, 0.1) is 6.92 Å². The van der Waals surface area contributed by atoms with Gasteiger partial charge in [-0.05, 0) is 42.8 Å². The zero-order chi connectivity index (χ0) is 22.0. The molecule has 0 spiro atoms. The monoisotopic (exact) mass is 452 g/mol. The van der Waals surface area contributed by atoms with Gasteiger partial charge in [0.15, 0.2) is 0 Å². The molecule has 0 aliphatic heterocycles. The van der Waals surface area contributed by atoms with Crippen LogP contribution < -0.4 is 10.6 Å². The molecule has 4 aromatic rings. The number of aromatic nitrogens is 2. The van der Waals surface area contributed by atoms with Crippen molar-refractivity contribution in [1.29, 1.82) is 0 Å². The number of aryl methyl sites for hydroxylation is 1. The van der Waals surface area contributed by atoms with Crippen LogP contribution in [0.15, 0.2) is 54.6 Å². The van der Waals surface area contributed by atoms with Crippen LogP contribution in [0.2, 0.25) is 5.02 Å². The van der Waals surface area contributed by atoms with E-state index in [1.54, 1.807) is 31.2 Å². The lowest BCUT2D eigenvalue weighted by molar-refractivity contribution is -0.115. The van der Waals surface area contributed by atoms with Crippen LogP contribution in [-0.2, 0) is 11.3 Å². The van der Waals surface area contributed by atoms with E-state index < -0.39 is 0 Å². The van der Waals surface area contributed by atoms with Crippen molar-refractivity contribution in [2.45, 2.75) is 26.8 Å². The van der Waals surface area contributed by atoms with Crippen LogP contribution in [-0.4, -0.2) is 21.6 Å². The highest BCUT2D eigenvalue weighted by molar-refractivity contribution is 7.20. The molecule has 2 aromatic carbocycles. The van der Waals surface area contributed by atoms with E-state index >= 15 is 0 Å². The Kier molecular flexibility index (Phi) is 6.06. The van der Waals surface area contributed by atoms with Crippen LogP contribution in [0.4, 0.5) is 11.4 Å². The Morgan fingerprint density at radius 3 is 2.55 bits per heavy atom. The smallest absolute Gasteiger partial charge is 0.265 e. The van der Waals surface area contributed by atoms with Crippen LogP contribution in [0.3, 0.4) is 0 Å². The summed E-state index contributed by atoms with van der Waals surface area (Å²) in [6.45, 7) is 4.25. The lowest BCUT2D eigenvalue weighted by atomic mass is 10.2. The first-order valence-corrected chi connectivity index (χ1v) is 11.1. The third kappa shape index (κ3) is 4.62. The molecular formula is C23H21ClN4O2S.